The Balaban J connectivity index is 4.77. The van der Waals surface area contributed by atoms with E-state index < -0.39 is 55.4 Å². The van der Waals surface area contributed by atoms with Crippen LogP contribution in [-0.2, 0) is 4.79 Å². The first-order valence-electron chi connectivity index (χ1n) is 5.93. The average molecular weight is 282 g/mol. The van der Waals surface area contributed by atoms with Crippen molar-refractivity contribution in [1.82, 2.24) is 0 Å². The number of carbonyl (C=O) groups is 1. The number of carbonyl (C=O) groups excluding carboxylic acids is 1. The van der Waals surface area contributed by atoms with Gasteiger partial charge < -0.3 is 35.7 Å². The molecule has 114 valence electrons. The Morgan fingerprint density at radius 2 is 1.53 bits per heavy atom. The molecule has 2 unspecified atom stereocenters. The monoisotopic (exact) mass is 282 g/mol. The smallest absolute Gasteiger partial charge is 0.169 e. The molecule has 8 nitrogen and oxygen atoms in total. The highest BCUT2D eigenvalue weighted by atomic mass is 16.4. The van der Waals surface area contributed by atoms with Gasteiger partial charge in [0.05, 0.1) is 12.7 Å². The second-order valence-electron chi connectivity index (χ2n) is 4.44. The number of hydrogen-bond donors (Lipinski definition) is 7. The SMILES string of the molecule is CC(O)C(CCO)C(=O)[C@H](O)[C@@H](O)[C@H](O)[C@H](O)CO. The average Bonchev–Trinajstić information content (AvgIpc) is 2.40. The lowest BCUT2D eigenvalue weighted by Gasteiger charge is -2.28. The Bertz CT molecular complexity index is 269. The molecule has 0 saturated heterocycles. The summed E-state index contributed by atoms with van der Waals surface area (Å²) in [5.41, 5.74) is 0. The Kier molecular flexibility index (Phi) is 8.26. The van der Waals surface area contributed by atoms with Crippen molar-refractivity contribution < 1.29 is 40.5 Å². The van der Waals surface area contributed by atoms with Gasteiger partial charge in [0, 0.05) is 12.5 Å². The fourth-order valence-corrected chi connectivity index (χ4v) is 1.67. The van der Waals surface area contributed by atoms with Crippen LogP contribution in [0.15, 0.2) is 0 Å². The summed E-state index contributed by atoms with van der Waals surface area (Å²) in [4.78, 5) is 11.8. The van der Waals surface area contributed by atoms with Crippen LogP contribution >= 0.6 is 0 Å². The van der Waals surface area contributed by atoms with Crippen molar-refractivity contribution in [1.29, 1.82) is 0 Å². The van der Waals surface area contributed by atoms with Gasteiger partial charge in [0.15, 0.2) is 5.78 Å². The zero-order valence-corrected chi connectivity index (χ0v) is 10.6. The summed E-state index contributed by atoms with van der Waals surface area (Å²) < 4.78 is 0. The van der Waals surface area contributed by atoms with Gasteiger partial charge >= 0.3 is 0 Å². The van der Waals surface area contributed by atoms with E-state index in [9.17, 15) is 25.2 Å². The summed E-state index contributed by atoms with van der Waals surface area (Å²) in [6.45, 7) is 0.0396. The molecule has 0 heterocycles. The van der Waals surface area contributed by atoms with Gasteiger partial charge in [-0.3, -0.25) is 4.79 Å². The highest BCUT2D eigenvalue weighted by Crippen LogP contribution is 2.16. The molecule has 8 heteroatoms. The van der Waals surface area contributed by atoms with Crippen LogP contribution in [0.5, 0.6) is 0 Å². The van der Waals surface area contributed by atoms with Crippen molar-refractivity contribution in [2.45, 2.75) is 43.9 Å². The maximum atomic E-state index is 11.8. The summed E-state index contributed by atoms with van der Waals surface area (Å²) in [5.74, 6) is -2.06. The van der Waals surface area contributed by atoms with E-state index in [2.05, 4.69) is 0 Å². The molecular weight excluding hydrogens is 260 g/mol. The van der Waals surface area contributed by atoms with E-state index in [1.54, 1.807) is 0 Å². The lowest BCUT2D eigenvalue weighted by Crippen LogP contribution is -2.51. The van der Waals surface area contributed by atoms with E-state index in [-0.39, 0.29) is 6.42 Å². The molecule has 0 rings (SSSR count). The summed E-state index contributed by atoms with van der Waals surface area (Å²) in [5, 5.41) is 64.3. The van der Waals surface area contributed by atoms with Gasteiger partial charge in [-0.15, -0.1) is 0 Å². The molecule has 0 aromatic heterocycles. The third kappa shape index (κ3) is 5.11. The Hall–Kier alpha value is -0.610. The highest BCUT2D eigenvalue weighted by molar-refractivity contribution is 5.86. The molecule has 6 atom stereocenters. The maximum absolute atomic E-state index is 11.8. The minimum atomic E-state index is -2.04. The van der Waals surface area contributed by atoms with Gasteiger partial charge in [-0.25, -0.2) is 0 Å². The van der Waals surface area contributed by atoms with Gasteiger partial charge in [0.25, 0.3) is 0 Å². The normalized spacial score (nSPS) is 21.3. The van der Waals surface area contributed by atoms with Crippen LogP contribution in [0.25, 0.3) is 0 Å². The fourth-order valence-electron chi connectivity index (χ4n) is 1.67. The molecule has 0 radical (unpaired) electrons. The Morgan fingerprint density at radius 3 is 1.89 bits per heavy atom. The first kappa shape index (κ1) is 18.4. The van der Waals surface area contributed by atoms with E-state index in [1.807, 2.05) is 0 Å². The van der Waals surface area contributed by atoms with Gasteiger partial charge in [0.1, 0.15) is 24.4 Å². The molecule has 0 aromatic carbocycles. The van der Waals surface area contributed by atoms with E-state index in [1.165, 1.54) is 6.92 Å². The quantitative estimate of drug-likeness (QED) is 0.228. The second-order valence-corrected chi connectivity index (χ2v) is 4.44. The van der Waals surface area contributed by atoms with Crippen LogP contribution in [0.1, 0.15) is 13.3 Å². The van der Waals surface area contributed by atoms with Crippen LogP contribution in [0.3, 0.4) is 0 Å². The molecule has 0 fully saturated rings. The van der Waals surface area contributed by atoms with Crippen LogP contribution in [0.4, 0.5) is 0 Å². The summed E-state index contributed by atoms with van der Waals surface area (Å²) >= 11 is 0. The second kappa shape index (κ2) is 8.54. The lowest BCUT2D eigenvalue weighted by molar-refractivity contribution is -0.153. The molecule has 0 aliphatic heterocycles. The van der Waals surface area contributed by atoms with Crippen molar-refractivity contribution in [2.75, 3.05) is 13.2 Å². The first-order chi connectivity index (χ1) is 8.77. The van der Waals surface area contributed by atoms with Crippen LogP contribution in [0, 0.1) is 5.92 Å². The van der Waals surface area contributed by atoms with Crippen LogP contribution in [-0.4, -0.2) is 85.3 Å². The van der Waals surface area contributed by atoms with Crippen molar-refractivity contribution in [3.63, 3.8) is 0 Å². The molecule has 0 bridgehead atoms. The lowest BCUT2D eigenvalue weighted by atomic mass is 9.88. The minimum Gasteiger partial charge on any atom is -0.396 e. The molecule has 0 spiro atoms. The van der Waals surface area contributed by atoms with Crippen LogP contribution < -0.4 is 0 Å². The number of rotatable bonds is 9. The maximum Gasteiger partial charge on any atom is 0.169 e. The third-order valence-electron chi connectivity index (χ3n) is 2.93. The summed E-state index contributed by atoms with van der Waals surface area (Å²) in [6.07, 6.45) is -8.93. The van der Waals surface area contributed by atoms with Gasteiger partial charge in [-0.05, 0) is 13.3 Å². The third-order valence-corrected chi connectivity index (χ3v) is 2.93. The van der Waals surface area contributed by atoms with Crippen molar-refractivity contribution in [3.05, 3.63) is 0 Å². The standard InChI is InChI=1S/C11H22O8/c1-5(14)6(2-3-12)8(16)10(18)11(19)9(17)7(15)4-13/h5-7,9-15,17-19H,2-4H2,1H3/t5?,6?,7-,9-,10+,11+/m1/s1. The molecule has 0 aromatic rings. The number of Topliss-reactive ketones (excluding diaryl/α,β-unsaturated/α-hetero) is 1. The predicted molar refractivity (Wildman–Crippen MR) is 63.0 cm³/mol. The van der Waals surface area contributed by atoms with E-state index in [0.717, 1.165) is 0 Å². The molecule has 0 aliphatic carbocycles. The van der Waals surface area contributed by atoms with Crippen molar-refractivity contribution >= 4 is 5.78 Å². The fraction of sp³-hybridized carbons (Fsp3) is 0.909. The van der Waals surface area contributed by atoms with Crippen LogP contribution in [0.2, 0.25) is 0 Å². The minimum absolute atomic E-state index is 0.112. The van der Waals surface area contributed by atoms with Crippen molar-refractivity contribution in [3.8, 4) is 0 Å². The Morgan fingerprint density at radius 1 is 1.00 bits per heavy atom. The Labute approximate surface area is 110 Å². The largest absolute Gasteiger partial charge is 0.396 e. The highest BCUT2D eigenvalue weighted by Gasteiger charge is 2.38. The summed E-state index contributed by atoms with van der Waals surface area (Å²) in [7, 11) is 0. The van der Waals surface area contributed by atoms with E-state index in [0.29, 0.717) is 0 Å². The van der Waals surface area contributed by atoms with Gasteiger partial charge in [0.2, 0.25) is 0 Å². The van der Waals surface area contributed by atoms with E-state index >= 15 is 0 Å². The van der Waals surface area contributed by atoms with E-state index in [4.69, 9.17) is 15.3 Å². The molecule has 0 aliphatic rings. The number of aliphatic hydroxyl groups is 7. The van der Waals surface area contributed by atoms with Gasteiger partial charge in [-0.1, -0.05) is 0 Å². The topological polar surface area (TPSA) is 159 Å². The zero-order chi connectivity index (χ0) is 15.2. The molecule has 7 N–H and O–H groups in total. The molecule has 0 saturated carbocycles. The molecular formula is C11H22O8. The van der Waals surface area contributed by atoms with Crippen molar-refractivity contribution in [2.24, 2.45) is 5.92 Å². The predicted octanol–water partition coefficient (Wildman–Crippen LogP) is -3.63. The number of hydrogen-bond acceptors (Lipinski definition) is 8. The zero-order valence-electron chi connectivity index (χ0n) is 10.6. The number of ketones is 1. The van der Waals surface area contributed by atoms with Gasteiger partial charge in [-0.2, -0.15) is 0 Å². The molecule has 0 amide bonds. The first-order valence-corrected chi connectivity index (χ1v) is 5.93. The summed E-state index contributed by atoms with van der Waals surface area (Å²) in [6, 6.07) is 0. The number of aliphatic hydroxyl groups excluding tert-OH is 7. The molecule has 19 heavy (non-hydrogen) atoms.